The van der Waals surface area contributed by atoms with Crippen LogP contribution in [0.5, 0.6) is 5.75 Å². The van der Waals surface area contributed by atoms with Gasteiger partial charge in [0.15, 0.2) is 5.78 Å². The van der Waals surface area contributed by atoms with Gasteiger partial charge in [0, 0.05) is 18.0 Å². The van der Waals surface area contributed by atoms with Gasteiger partial charge in [-0.2, -0.15) is 0 Å². The summed E-state index contributed by atoms with van der Waals surface area (Å²) in [6.45, 7) is 0.358. The molecule has 0 heterocycles. The minimum Gasteiger partial charge on any atom is -0.497 e. The molecule has 6 heteroatoms. The van der Waals surface area contributed by atoms with Gasteiger partial charge in [0.2, 0.25) is 10.0 Å². The number of aryl methyl sites for hydroxylation is 1. The Bertz CT molecular complexity index is 854. The predicted octanol–water partition coefficient (Wildman–Crippen LogP) is 3.20. The first-order valence-corrected chi connectivity index (χ1v) is 10.2. The van der Waals surface area contributed by atoms with Crippen molar-refractivity contribution >= 4 is 15.8 Å². The molecule has 5 nitrogen and oxygen atoms in total. The highest BCUT2D eigenvalue weighted by Crippen LogP contribution is 2.32. The summed E-state index contributed by atoms with van der Waals surface area (Å²) in [4.78, 5) is 12.2. The van der Waals surface area contributed by atoms with E-state index in [0.29, 0.717) is 18.5 Å². The quantitative estimate of drug-likeness (QED) is 0.541. The van der Waals surface area contributed by atoms with E-state index in [2.05, 4.69) is 4.72 Å². The Balaban J connectivity index is 1.50. The minimum absolute atomic E-state index is 0.112. The molecule has 138 valence electrons. The first kappa shape index (κ1) is 18.6. The van der Waals surface area contributed by atoms with E-state index >= 15 is 0 Å². The summed E-state index contributed by atoms with van der Waals surface area (Å²) >= 11 is 0. The third-order valence-corrected chi connectivity index (χ3v) is 5.97. The highest BCUT2D eigenvalue weighted by Gasteiger charge is 2.30. The molecule has 1 saturated carbocycles. The number of rotatable bonds is 9. The molecule has 1 aliphatic rings. The summed E-state index contributed by atoms with van der Waals surface area (Å²) in [5.74, 6) is 1.05. The van der Waals surface area contributed by atoms with Gasteiger partial charge in [0.05, 0.1) is 12.0 Å². The van der Waals surface area contributed by atoms with Crippen molar-refractivity contribution in [1.82, 2.24) is 4.72 Å². The van der Waals surface area contributed by atoms with Crippen molar-refractivity contribution in [2.24, 2.45) is 5.92 Å². The van der Waals surface area contributed by atoms with Crippen LogP contribution in [-0.4, -0.2) is 27.9 Å². The number of methoxy groups -OCH3 is 1. The fraction of sp³-hybridized carbons (Fsp3) is 0.350. The monoisotopic (exact) mass is 373 g/mol. The normalized spacial score (nSPS) is 14.2. The van der Waals surface area contributed by atoms with Crippen LogP contribution < -0.4 is 9.46 Å². The smallest absolute Gasteiger partial charge is 0.240 e. The van der Waals surface area contributed by atoms with Crippen LogP contribution in [0.1, 0.15) is 35.2 Å². The minimum atomic E-state index is -3.55. The summed E-state index contributed by atoms with van der Waals surface area (Å²) in [6, 6.07) is 13.9. The molecule has 0 saturated heterocycles. The lowest BCUT2D eigenvalue weighted by molar-refractivity contribution is 0.0967. The molecular formula is C20H23NO4S. The van der Waals surface area contributed by atoms with Crippen molar-refractivity contribution < 1.29 is 17.9 Å². The largest absolute Gasteiger partial charge is 0.497 e. The van der Waals surface area contributed by atoms with Gasteiger partial charge in [0.1, 0.15) is 5.75 Å². The number of hydrogen-bond acceptors (Lipinski definition) is 4. The highest BCUT2D eigenvalue weighted by molar-refractivity contribution is 7.89. The SMILES string of the molecule is COc1ccc(CCCNS(=O)(=O)c2ccc(C(=O)C3CC3)cc2)cc1. The summed E-state index contributed by atoms with van der Waals surface area (Å²) in [5.41, 5.74) is 1.72. The second kappa shape index (κ2) is 8.01. The molecule has 2 aromatic carbocycles. The zero-order valence-corrected chi connectivity index (χ0v) is 15.6. The zero-order valence-electron chi connectivity index (χ0n) is 14.8. The number of hydrogen-bond donors (Lipinski definition) is 1. The number of nitrogens with one attached hydrogen (secondary N) is 1. The number of Topliss-reactive ketones (excluding diaryl/α,β-unsaturated/α-hetero) is 1. The van der Waals surface area contributed by atoms with Crippen LogP contribution in [0.3, 0.4) is 0 Å². The lowest BCUT2D eigenvalue weighted by atomic mass is 10.1. The molecule has 0 unspecified atom stereocenters. The molecule has 0 amide bonds. The average Bonchev–Trinajstić information content (AvgIpc) is 3.50. The van der Waals surface area contributed by atoms with Gasteiger partial charge in [-0.1, -0.05) is 24.3 Å². The molecule has 3 rings (SSSR count). The van der Waals surface area contributed by atoms with Gasteiger partial charge in [-0.05, 0) is 55.5 Å². The molecule has 26 heavy (non-hydrogen) atoms. The van der Waals surface area contributed by atoms with Crippen LogP contribution in [-0.2, 0) is 16.4 Å². The third kappa shape index (κ3) is 4.71. The average molecular weight is 373 g/mol. The van der Waals surface area contributed by atoms with E-state index in [9.17, 15) is 13.2 Å². The van der Waals surface area contributed by atoms with Crippen LogP contribution in [0.25, 0.3) is 0 Å². The van der Waals surface area contributed by atoms with Crippen molar-refractivity contribution in [3.05, 3.63) is 59.7 Å². The topological polar surface area (TPSA) is 72.5 Å². The molecule has 0 aliphatic heterocycles. The number of sulfonamides is 1. The van der Waals surface area contributed by atoms with Gasteiger partial charge in [-0.15, -0.1) is 0 Å². The van der Waals surface area contributed by atoms with E-state index in [1.807, 2.05) is 24.3 Å². The molecule has 1 N–H and O–H groups in total. The van der Waals surface area contributed by atoms with Crippen molar-refractivity contribution in [1.29, 1.82) is 0 Å². The van der Waals surface area contributed by atoms with Crippen molar-refractivity contribution in [2.45, 2.75) is 30.6 Å². The number of carbonyl (C=O) groups is 1. The van der Waals surface area contributed by atoms with E-state index in [0.717, 1.165) is 30.6 Å². The molecule has 0 bridgehead atoms. The fourth-order valence-electron chi connectivity index (χ4n) is 2.75. The molecule has 0 atom stereocenters. The maximum absolute atomic E-state index is 12.3. The van der Waals surface area contributed by atoms with Gasteiger partial charge < -0.3 is 4.74 Å². The molecule has 0 spiro atoms. The zero-order chi connectivity index (χ0) is 18.6. The summed E-state index contributed by atoms with van der Waals surface area (Å²) in [5, 5.41) is 0. The second-order valence-electron chi connectivity index (χ2n) is 6.51. The van der Waals surface area contributed by atoms with Gasteiger partial charge in [-0.25, -0.2) is 13.1 Å². The van der Waals surface area contributed by atoms with E-state index in [4.69, 9.17) is 4.74 Å². The van der Waals surface area contributed by atoms with Crippen molar-refractivity contribution in [3.63, 3.8) is 0 Å². The molecule has 2 aromatic rings. The first-order chi connectivity index (χ1) is 12.5. The van der Waals surface area contributed by atoms with Crippen molar-refractivity contribution in [2.75, 3.05) is 13.7 Å². The Kier molecular flexibility index (Phi) is 5.74. The molecule has 0 aromatic heterocycles. The van der Waals surface area contributed by atoms with Crippen LogP contribution >= 0.6 is 0 Å². The summed E-state index contributed by atoms with van der Waals surface area (Å²) in [7, 11) is -1.93. The van der Waals surface area contributed by atoms with Crippen LogP contribution in [0, 0.1) is 5.92 Å². The highest BCUT2D eigenvalue weighted by atomic mass is 32.2. The number of benzene rings is 2. The number of carbonyl (C=O) groups excluding carboxylic acids is 1. The van der Waals surface area contributed by atoms with Gasteiger partial charge in [-0.3, -0.25) is 4.79 Å². The van der Waals surface area contributed by atoms with E-state index in [1.54, 1.807) is 19.2 Å². The number of ketones is 1. The fourth-order valence-corrected chi connectivity index (χ4v) is 3.83. The Hall–Kier alpha value is -2.18. The van der Waals surface area contributed by atoms with Crippen LogP contribution in [0.15, 0.2) is 53.4 Å². The van der Waals surface area contributed by atoms with E-state index in [1.165, 1.54) is 12.1 Å². The Morgan fingerprint density at radius 1 is 1.08 bits per heavy atom. The standard InChI is InChI=1S/C20H23NO4S/c1-25-18-10-4-15(5-11-18)3-2-14-21-26(23,24)19-12-8-17(9-13-19)20(22)16-6-7-16/h4-5,8-13,16,21H,2-3,6-7,14H2,1H3. The molecule has 1 fully saturated rings. The Labute approximate surface area is 154 Å². The van der Waals surface area contributed by atoms with Crippen LogP contribution in [0.4, 0.5) is 0 Å². The molecule has 0 radical (unpaired) electrons. The van der Waals surface area contributed by atoms with Gasteiger partial charge in [0.25, 0.3) is 0 Å². The summed E-state index contributed by atoms with van der Waals surface area (Å²) in [6.07, 6.45) is 3.36. The maximum atomic E-state index is 12.3. The number of ether oxygens (including phenoxy) is 1. The molecular weight excluding hydrogens is 350 g/mol. The Morgan fingerprint density at radius 2 is 1.73 bits per heavy atom. The van der Waals surface area contributed by atoms with Crippen molar-refractivity contribution in [3.8, 4) is 5.75 Å². The predicted molar refractivity (Wildman–Crippen MR) is 100 cm³/mol. The lowest BCUT2D eigenvalue weighted by Crippen LogP contribution is -2.25. The lowest BCUT2D eigenvalue weighted by Gasteiger charge is -2.08. The van der Waals surface area contributed by atoms with Crippen LogP contribution in [0.2, 0.25) is 0 Å². The first-order valence-electron chi connectivity index (χ1n) is 8.76. The third-order valence-electron chi connectivity index (χ3n) is 4.49. The van der Waals surface area contributed by atoms with Gasteiger partial charge >= 0.3 is 0 Å². The van der Waals surface area contributed by atoms with E-state index < -0.39 is 10.0 Å². The maximum Gasteiger partial charge on any atom is 0.240 e. The van der Waals surface area contributed by atoms with E-state index in [-0.39, 0.29) is 16.6 Å². The molecule has 1 aliphatic carbocycles. The Morgan fingerprint density at radius 3 is 2.31 bits per heavy atom. The second-order valence-corrected chi connectivity index (χ2v) is 8.28. The summed E-state index contributed by atoms with van der Waals surface area (Å²) < 4.78 is 32.4.